The quantitative estimate of drug-likeness (QED) is 0.747. The summed E-state index contributed by atoms with van der Waals surface area (Å²) in [4.78, 5) is 0. The zero-order valence-corrected chi connectivity index (χ0v) is 16.2. The standard InChI is InChI=1S/C23H31O/c1-16-13-18(21(24)20(14-16)23(5,6)7)12-11-17-9-8-10-19(15-17)22(2,3)4/h8-9,13-15,24H,11-12H2,1-7H3. The van der Waals surface area contributed by atoms with Gasteiger partial charge in [-0.15, -0.1) is 0 Å². The van der Waals surface area contributed by atoms with Crippen LogP contribution in [0.5, 0.6) is 5.75 Å². The zero-order valence-electron chi connectivity index (χ0n) is 16.2. The fourth-order valence-electron chi connectivity index (χ4n) is 3.00. The molecule has 1 N–H and O–H groups in total. The number of aryl methyl sites for hydroxylation is 3. The van der Waals surface area contributed by atoms with Gasteiger partial charge in [-0.05, 0) is 58.9 Å². The maximum Gasteiger partial charge on any atom is 0.122 e. The second-order valence-electron chi connectivity index (χ2n) is 8.93. The molecule has 0 aliphatic rings. The van der Waals surface area contributed by atoms with E-state index < -0.39 is 0 Å². The number of hydrogen-bond acceptors (Lipinski definition) is 1. The van der Waals surface area contributed by atoms with Gasteiger partial charge in [-0.25, -0.2) is 0 Å². The van der Waals surface area contributed by atoms with Crippen molar-refractivity contribution in [3.8, 4) is 5.75 Å². The zero-order chi connectivity index (χ0) is 18.1. The molecule has 0 saturated carbocycles. The molecule has 2 aromatic carbocycles. The van der Waals surface area contributed by atoms with E-state index in [1.54, 1.807) is 0 Å². The average Bonchev–Trinajstić information content (AvgIpc) is 2.46. The minimum absolute atomic E-state index is 0.0496. The molecule has 0 heterocycles. The summed E-state index contributed by atoms with van der Waals surface area (Å²) in [5, 5.41) is 10.7. The maximum absolute atomic E-state index is 10.7. The molecule has 0 fully saturated rings. The molecule has 2 rings (SSSR count). The van der Waals surface area contributed by atoms with Crippen molar-refractivity contribution < 1.29 is 5.11 Å². The van der Waals surface area contributed by atoms with Gasteiger partial charge < -0.3 is 5.11 Å². The van der Waals surface area contributed by atoms with Crippen LogP contribution in [0, 0.1) is 13.0 Å². The molecule has 0 aliphatic heterocycles. The number of aromatic hydroxyl groups is 1. The Morgan fingerprint density at radius 2 is 1.58 bits per heavy atom. The van der Waals surface area contributed by atoms with Crippen LogP contribution >= 0.6 is 0 Å². The molecule has 24 heavy (non-hydrogen) atoms. The lowest BCUT2D eigenvalue weighted by Gasteiger charge is -2.23. The summed E-state index contributed by atoms with van der Waals surface area (Å²) in [6, 6.07) is 14.0. The molecule has 0 saturated heterocycles. The minimum Gasteiger partial charge on any atom is -0.507 e. The highest BCUT2D eigenvalue weighted by molar-refractivity contribution is 5.47. The Kier molecular flexibility index (Phi) is 5.13. The van der Waals surface area contributed by atoms with E-state index in [2.05, 4.69) is 78.8 Å². The van der Waals surface area contributed by atoms with Crippen LogP contribution in [0.4, 0.5) is 0 Å². The summed E-state index contributed by atoms with van der Waals surface area (Å²) in [5.74, 6) is 0.464. The van der Waals surface area contributed by atoms with Gasteiger partial charge in [0.2, 0.25) is 0 Å². The Bertz CT molecular complexity index is 712. The first-order valence-electron chi connectivity index (χ1n) is 8.82. The van der Waals surface area contributed by atoms with Crippen LogP contribution in [0.2, 0.25) is 0 Å². The predicted octanol–water partition coefficient (Wildman–Crippen LogP) is 5.88. The van der Waals surface area contributed by atoms with Crippen molar-refractivity contribution in [2.24, 2.45) is 0 Å². The van der Waals surface area contributed by atoms with Crippen LogP contribution in [-0.4, -0.2) is 5.11 Å². The Labute approximate surface area is 147 Å². The molecular formula is C23H31O. The number of phenolic OH excluding ortho intramolecular Hbond substituents is 1. The second kappa shape index (κ2) is 6.63. The SMILES string of the molecule is Cc1cc(CCc2cc[c]c(C(C)(C)C)c2)c(O)c(C(C)(C)C)c1. The lowest BCUT2D eigenvalue weighted by molar-refractivity contribution is 0.440. The smallest absolute Gasteiger partial charge is 0.122 e. The second-order valence-corrected chi connectivity index (χ2v) is 8.93. The van der Waals surface area contributed by atoms with Crippen LogP contribution in [0.15, 0.2) is 30.3 Å². The molecule has 0 aliphatic carbocycles. The van der Waals surface area contributed by atoms with Crippen molar-refractivity contribution in [2.75, 3.05) is 0 Å². The van der Waals surface area contributed by atoms with Crippen LogP contribution < -0.4 is 0 Å². The molecule has 1 nitrogen and oxygen atoms in total. The normalized spacial score (nSPS) is 12.5. The highest BCUT2D eigenvalue weighted by Gasteiger charge is 2.21. The van der Waals surface area contributed by atoms with Crippen molar-refractivity contribution in [3.05, 3.63) is 64.2 Å². The van der Waals surface area contributed by atoms with E-state index in [9.17, 15) is 5.11 Å². The van der Waals surface area contributed by atoms with E-state index in [4.69, 9.17) is 0 Å². The van der Waals surface area contributed by atoms with E-state index in [1.807, 2.05) is 6.07 Å². The van der Waals surface area contributed by atoms with E-state index in [0.29, 0.717) is 5.75 Å². The molecule has 0 bridgehead atoms. The van der Waals surface area contributed by atoms with E-state index >= 15 is 0 Å². The van der Waals surface area contributed by atoms with Gasteiger partial charge in [-0.1, -0.05) is 77.4 Å². The fourth-order valence-corrected chi connectivity index (χ4v) is 3.00. The van der Waals surface area contributed by atoms with Crippen molar-refractivity contribution in [2.45, 2.75) is 72.1 Å². The monoisotopic (exact) mass is 323 g/mol. The first-order chi connectivity index (χ1) is 11.0. The van der Waals surface area contributed by atoms with Gasteiger partial charge in [0, 0.05) is 0 Å². The van der Waals surface area contributed by atoms with Gasteiger partial charge >= 0.3 is 0 Å². The molecule has 1 radical (unpaired) electrons. The van der Waals surface area contributed by atoms with Gasteiger partial charge in [-0.2, -0.15) is 0 Å². The summed E-state index contributed by atoms with van der Waals surface area (Å²) in [6.45, 7) is 15.2. The van der Waals surface area contributed by atoms with Crippen LogP contribution in [0.1, 0.15) is 69.4 Å². The number of phenols is 1. The van der Waals surface area contributed by atoms with Gasteiger partial charge in [0.1, 0.15) is 5.75 Å². The van der Waals surface area contributed by atoms with Crippen molar-refractivity contribution in [3.63, 3.8) is 0 Å². The summed E-state index contributed by atoms with van der Waals surface area (Å²) in [5.41, 5.74) is 5.90. The van der Waals surface area contributed by atoms with E-state index in [0.717, 1.165) is 24.0 Å². The molecule has 129 valence electrons. The molecular weight excluding hydrogens is 292 g/mol. The largest absolute Gasteiger partial charge is 0.507 e. The summed E-state index contributed by atoms with van der Waals surface area (Å²) in [7, 11) is 0. The number of benzene rings is 2. The Balaban J connectivity index is 2.26. The minimum atomic E-state index is -0.0496. The molecule has 0 aromatic heterocycles. The van der Waals surface area contributed by atoms with Gasteiger partial charge in [0.05, 0.1) is 0 Å². The predicted molar refractivity (Wildman–Crippen MR) is 103 cm³/mol. The number of rotatable bonds is 3. The van der Waals surface area contributed by atoms with Gasteiger partial charge in [-0.3, -0.25) is 0 Å². The topological polar surface area (TPSA) is 20.2 Å². The summed E-state index contributed by atoms with van der Waals surface area (Å²) in [6.07, 6.45) is 1.78. The summed E-state index contributed by atoms with van der Waals surface area (Å²) >= 11 is 0. The first kappa shape index (κ1) is 18.6. The van der Waals surface area contributed by atoms with Gasteiger partial charge in [0.15, 0.2) is 0 Å². The molecule has 0 atom stereocenters. The highest BCUT2D eigenvalue weighted by atomic mass is 16.3. The van der Waals surface area contributed by atoms with Crippen molar-refractivity contribution in [1.82, 2.24) is 0 Å². The van der Waals surface area contributed by atoms with Crippen LogP contribution in [0.3, 0.4) is 0 Å². The van der Waals surface area contributed by atoms with Crippen LogP contribution in [0.25, 0.3) is 0 Å². The third-order valence-corrected chi connectivity index (χ3v) is 4.50. The average molecular weight is 324 g/mol. The Morgan fingerprint density at radius 1 is 0.917 bits per heavy atom. The maximum atomic E-state index is 10.7. The van der Waals surface area contributed by atoms with E-state index in [1.165, 1.54) is 16.7 Å². The van der Waals surface area contributed by atoms with Crippen molar-refractivity contribution in [1.29, 1.82) is 0 Å². The van der Waals surface area contributed by atoms with Gasteiger partial charge in [0.25, 0.3) is 0 Å². The Morgan fingerprint density at radius 3 is 2.17 bits per heavy atom. The third-order valence-electron chi connectivity index (χ3n) is 4.50. The third kappa shape index (κ3) is 4.41. The lowest BCUT2D eigenvalue weighted by atomic mass is 9.83. The highest BCUT2D eigenvalue weighted by Crippen LogP contribution is 2.35. The molecule has 2 aromatic rings. The number of hydrogen-bond donors (Lipinski definition) is 1. The molecule has 0 unspecified atom stereocenters. The van der Waals surface area contributed by atoms with E-state index in [-0.39, 0.29) is 10.8 Å². The fraction of sp³-hybridized carbons (Fsp3) is 0.478. The summed E-state index contributed by atoms with van der Waals surface area (Å²) < 4.78 is 0. The van der Waals surface area contributed by atoms with Crippen molar-refractivity contribution >= 4 is 0 Å². The molecule has 1 heteroatoms. The molecule has 0 spiro atoms. The van der Waals surface area contributed by atoms with Crippen LogP contribution in [-0.2, 0) is 23.7 Å². The molecule has 0 amide bonds. The Hall–Kier alpha value is -1.76. The first-order valence-corrected chi connectivity index (χ1v) is 8.82. The lowest BCUT2D eigenvalue weighted by Crippen LogP contribution is -2.13.